The quantitative estimate of drug-likeness (QED) is 0.746. The largest absolute Gasteiger partial charge is 0.493 e. The molecule has 0 unspecified atom stereocenters. The SMILES string of the molecule is COc1cc(C)c(CSCC(=O)NCc2ccccc2Cl)cc1OC. The summed E-state index contributed by atoms with van der Waals surface area (Å²) in [7, 11) is 3.24. The summed E-state index contributed by atoms with van der Waals surface area (Å²) in [6.07, 6.45) is 0. The molecule has 0 aromatic heterocycles. The zero-order valence-corrected chi connectivity index (χ0v) is 16.2. The monoisotopic (exact) mass is 379 g/mol. The van der Waals surface area contributed by atoms with E-state index in [2.05, 4.69) is 5.32 Å². The van der Waals surface area contributed by atoms with Crippen LogP contribution in [0.3, 0.4) is 0 Å². The van der Waals surface area contributed by atoms with Crippen LogP contribution < -0.4 is 14.8 Å². The van der Waals surface area contributed by atoms with Gasteiger partial charge in [-0.15, -0.1) is 11.8 Å². The van der Waals surface area contributed by atoms with Crippen LogP contribution in [0.1, 0.15) is 16.7 Å². The second-order valence-corrected chi connectivity index (χ2v) is 6.89. The van der Waals surface area contributed by atoms with E-state index in [9.17, 15) is 4.79 Å². The Morgan fingerprint density at radius 1 is 1.12 bits per heavy atom. The number of nitrogens with one attached hydrogen (secondary N) is 1. The first-order chi connectivity index (χ1) is 12.0. The van der Waals surface area contributed by atoms with E-state index in [0.29, 0.717) is 28.8 Å². The van der Waals surface area contributed by atoms with Gasteiger partial charge in [0.2, 0.25) is 5.91 Å². The molecule has 0 fully saturated rings. The molecule has 6 heteroatoms. The van der Waals surface area contributed by atoms with Gasteiger partial charge in [-0.3, -0.25) is 4.79 Å². The van der Waals surface area contributed by atoms with Crippen molar-refractivity contribution in [3.05, 3.63) is 58.1 Å². The summed E-state index contributed by atoms with van der Waals surface area (Å²) < 4.78 is 10.6. The summed E-state index contributed by atoms with van der Waals surface area (Å²) in [5, 5.41) is 3.56. The molecule has 1 amide bonds. The number of hydrogen-bond acceptors (Lipinski definition) is 4. The number of carbonyl (C=O) groups excluding carboxylic acids is 1. The van der Waals surface area contributed by atoms with Crippen LogP contribution in [-0.2, 0) is 17.1 Å². The molecule has 0 saturated heterocycles. The van der Waals surface area contributed by atoms with Crippen LogP contribution in [0.5, 0.6) is 11.5 Å². The Balaban J connectivity index is 1.84. The first-order valence-corrected chi connectivity index (χ1v) is 9.37. The van der Waals surface area contributed by atoms with Crippen LogP contribution in [0, 0.1) is 6.92 Å². The van der Waals surface area contributed by atoms with Crippen LogP contribution >= 0.6 is 23.4 Å². The molecule has 0 bridgehead atoms. The molecule has 0 saturated carbocycles. The lowest BCUT2D eigenvalue weighted by molar-refractivity contribution is -0.118. The Morgan fingerprint density at radius 2 is 1.80 bits per heavy atom. The number of rotatable bonds is 8. The Kier molecular flexibility index (Phi) is 7.47. The molecule has 2 aromatic carbocycles. The van der Waals surface area contributed by atoms with Crippen molar-refractivity contribution in [2.75, 3.05) is 20.0 Å². The van der Waals surface area contributed by atoms with E-state index in [4.69, 9.17) is 21.1 Å². The minimum atomic E-state index is -0.0111. The molecule has 4 nitrogen and oxygen atoms in total. The third-order valence-electron chi connectivity index (χ3n) is 3.77. The molecular formula is C19H22ClNO3S. The van der Waals surface area contributed by atoms with Gasteiger partial charge >= 0.3 is 0 Å². The summed E-state index contributed by atoms with van der Waals surface area (Å²) in [5.74, 6) is 2.52. The van der Waals surface area contributed by atoms with Crippen LogP contribution in [-0.4, -0.2) is 25.9 Å². The normalized spacial score (nSPS) is 10.4. The van der Waals surface area contributed by atoms with Gasteiger partial charge in [0.1, 0.15) is 0 Å². The highest BCUT2D eigenvalue weighted by molar-refractivity contribution is 7.99. The van der Waals surface area contributed by atoms with Crippen molar-refractivity contribution in [3.63, 3.8) is 0 Å². The van der Waals surface area contributed by atoms with Gasteiger partial charge in [0.25, 0.3) is 0 Å². The fourth-order valence-electron chi connectivity index (χ4n) is 2.32. The van der Waals surface area contributed by atoms with Crippen molar-refractivity contribution in [2.45, 2.75) is 19.2 Å². The molecule has 0 aliphatic heterocycles. The van der Waals surface area contributed by atoms with Gasteiger partial charge in [-0.1, -0.05) is 29.8 Å². The Bertz CT molecular complexity index is 737. The van der Waals surface area contributed by atoms with E-state index >= 15 is 0 Å². The molecule has 0 aliphatic carbocycles. The van der Waals surface area contributed by atoms with E-state index in [1.165, 1.54) is 0 Å². The molecule has 0 atom stereocenters. The van der Waals surface area contributed by atoms with Gasteiger partial charge in [0, 0.05) is 17.3 Å². The third-order valence-corrected chi connectivity index (χ3v) is 5.12. The fourth-order valence-corrected chi connectivity index (χ4v) is 3.44. The van der Waals surface area contributed by atoms with E-state index in [0.717, 1.165) is 22.4 Å². The fraction of sp³-hybridized carbons (Fsp3) is 0.316. The summed E-state index contributed by atoms with van der Waals surface area (Å²) in [4.78, 5) is 12.0. The van der Waals surface area contributed by atoms with E-state index in [1.807, 2.05) is 43.3 Å². The highest BCUT2D eigenvalue weighted by Crippen LogP contribution is 2.31. The van der Waals surface area contributed by atoms with Gasteiger partial charge in [0.05, 0.1) is 20.0 Å². The highest BCUT2D eigenvalue weighted by Gasteiger charge is 2.10. The molecule has 2 aromatic rings. The summed E-state index contributed by atoms with van der Waals surface area (Å²) in [6.45, 7) is 2.46. The number of hydrogen-bond donors (Lipinski definition) is 1. The zero-order valence-electron chi connectivity index (χ0n) is 14.6. The lowest BCUT2D eigenvalue weighted by Crippen LogP contribution is -2.24. The van der Waals surface area contributed by atoms with E-state index < -0.39 is 0 Å². The average molecular weight is 380 g/mol. The highest BCUT2D eigenvalue weighted by atomic mass is 35.5. The number of thioether (sulfide) groups is 1. The second kappa shape index (κ2) is 9.59. The topological polar surface area (TPSA) is 47.6 Å². The minimum Gasteiger partial charge on any atom is -0.493 e. The number of halogens is 1. The zero-order chi connectivity index (χ0) is 18.2. The average Bonchev–Trinajstić information content (AvgIpc) is 2.62. The minimum absolute atomic E-state index is 0.0111. The second-order valence-electron chi connectivity index (χ2n) is 5.49. The van der Waals surface area contributed by atoms with Crippen LogP contribution in [0.15, 0.2) is 36.4 Å². The first kappa shape index (κ1) is 19.5. The van der Waals surface area contributed by atoms with Crippen LogP contribution in [0.2, 0.25) is 5.02 Å². The van der Waals surface area contributed by atoms with Crippen molar-refractivity contribution < 1.29 is 14.3 Å². The molecule has 25 heavy (non-hydrogen) atoms. The van der Waals surface area contributed by atoms with Crippen molar-refractivity contribution in [1.82, 2.24) is 5.32 Å². The Labute approximate surface area is 157 Å². The van der Waals surface area contributed by atoms with Crippen LogP contribution in [0.4, 0.5) is 0 Å². The van der Waals surface area contributed by atoms with Gasteiger partial charge < -0.3 is 14.8 Å². The van der Waals surface area contributed by atoms with Crippen molar-refractivity contribution in [2.24, 2.45) is 0 Å². The predicted molar refractivity (Wildman–Crippen MR) is 104 cm³/mol. The van der Waals surface area contributed by atoms with Crippen LogP contribution in [0.25, 0.3) is 0 Å². The lowest BCUT2D eigenvalue weighted by atomic mass is 10.1. The number of benzene rings is 2. The van der Waals surface area contributed by atoms with Crippen molar-refractivity contribution in [3.8, 4) is 11.5 Å². The van der Waals surface area contributed by atoms with Gasteiger partial charge in [-0.05, 0) is 41.8 Å². The number of amides is 1. The van der Waals surface area contributed by atoms with Gasteiger partial charge in [0.15, 0.2) is 11.5 Å². The molecule has 0 heterocycles. The molecule has 0 radical (unpaired) electrons. The van der Waals surface area contributed by atoms with Gasteiger partial charge in [-0.25, -0.2) is 0 Å². The number of carbonyl (C=O) groups is 1. The number of ether oxygens (including phenoxy) is 2. The van der Waals surface area contributed by atoms with Crippen molar-refractivity contribution in [1.29, 1.82) is 0 Å². The molecule has 134 valence electrons. The maximum absolute atomic E-state index is 12.0. The molecule has 2 rings (SSSR count). The Hall–Kier alpha value is -1.85. The summed E-state index contributed by atoms with van der Waals surface area (Å²) in [6, 6.07) is 11.4. The number of methoxy groups -OCH3 is 2. The van der Waals surface area contributed by atoms with Crippen molar-refractivity contribution >= 4 is 29.3 Å². The maximum atomic E-state index is 12.0. The standard InChI is InChI=1S/C19H22ClNO3S/c1-13-8-17(23-2)18(24-3)9-15(13)11-25-12-19(22)21-10-14-6-4-5-7-16(14)20/h4-9H,10-12H2,1-3H3,(H,21,22). The molecular weight excluding hydrogens is 358 g/mol. The summed E-state index contributed by atoms with van der Waals surface area (Å²) >= 11 is 7.64. The lowest BCUT2D eigenvalue weighted by Gasteiger charge is -2.12. The van der Waals surface area contributed by atoms with Gasteiger partial charge in [-0.2, -0.15) is 0 Å². The smallest absolute Gasteiger partial charge is 0.230 e. The Morgan fingerprint density at radius 3 is 2.48 bits per heavy atom. The first-order valence-electron chi connectivity index (χ1n) is 7.84. The molecule has 1 N–H and O–H groups in total. The maximum Gasteiger partial charge on any atom is 0.230 e. The number of aryl methyl sites for hydroxylation is 1. The summed E-state index contributed by atoms with van der Waals surface area (Å²) in [5.41, 5.74) is 3.15. The van der Waals surface area contributed by atoms with E-state index in [1.54, 1.807) is 26.0 Å². The molecule has 0 spiro atoms. The molecule has 0 aliphatic rings. The van der Waals surface area contributed by atoms with E-state index in [-0.39, 0.29) is 5.91 Å². The third kappa shape index (κ3) is 5.58. The predicted octanol–water partition coefficient (Wildman–Crippen LogP) is 4.22.